The highest BCUT2D eigenvalue weighted by atomic mass is 16.5. The predicted octanol–water partition coefficient (Wildman–Crippen LogP) is 2.03. The van der Waals surface area contributed by atoms with Gasteiger partial charge in [0.25, 0.3) is 0 Å². The molecule has 0 aliphatic heterocycles. The van der Waals surface area contributed by atoms with Crippen molar-refractivity contribution in [3.8, 4) is 0 Å². The van der Waals surface area contributed by atoms with Gasteiger partial charge >= 0.3 is 5.97 Å². The van der Waals surface area contributed by atoms with Crippen LogP contribution in [0.2, 0.25) is 0 Å². The molecule has 0 saturated carbocycles. The second-order valence-electron chi connectivity index (χ2n) is 2.28. The van der Waals surface area contributed by atoms with Crippen LogP contribution in [-0.2, 0) is 9.53 Å². The molecule has 0 radical (unpaired) electrons. The molecule has 0 fully saturated rings. The Morgan fingerprint density at radius 3 is 3.00 bits per heavy atom. The molecule has 0 aromatic rings. The van der Waals surface area contributed by atoms with Crippen molar-refractivity contribution < 1.29 is 9.53 Å². The molecule has 0 aromatic heterocycles. The quantitative estimate of drug-likeness (QED) is 0.201. The van der Waals surface area contributed by atoms with E-state index in [0.29, 0.717) is 26.0 Å². The fraction of sp³-hybridized carbons (Fsp3) is 0.857. The van der Waals surface area contributed by atoms with Gasteiger partial charge in [0.1, 0.15) is 0 Å². The lowest BCUT2D eigenvalue weighted by Gasteiger charge is -2.00. The molecule has 0 saturated heterocycles. The van der Waals surface area contributed by atoms with E-state index in [-0.39, 0.29) is 5.97 Å². The zero-order valence-electron chi connectivity index (χ0n) is 7.19. The van der Waals surface area contributed by atoms with Crippen LogP contribution in [0.3, 0.4) is 0 Å². The first-order chi connectivity index (χ1) is 5.81. The average molecular weight is 171 g/mol. The standard InChI is InChI=1S/C7H13N3O2/c1-2-6-12-7(11)4-3-5-9-10-8/h2-6H2,1H3. The zero-order valence-corrected chi connectivity index (χ0v) is 7.19. The van der Waals surface area contributed by atoms with E-state index in [9.17, 15) is 4.79 Å². The highest BCUT2D eigenvalue weighted by molar-refractivity contribution is 5.69. The van der Waals surface area contributed by atoms with Crippen molar-refractivity contribution in [1.29, 1.82) is 0 Å². The highest BCUT2D eigenvalue weighted by Crippen LogP contribution is 1.94. The minimum atomic E-state index is -0.218. The van der Waals surface area contributed by atoms with Crippen molar-refractivity contribution >= 4 is 5.97 Å². The SMILES string of the molecule is CCCOC(=O)CCCN=[N+]=[N-]. The molecule has 0 N–H and O–H groups in total. The fourth-order valence-corrected chi connectivity index (χ4v) is 0.627. The van der Waals surface area contributed by atoms with E-state index in [0.717, 1.165) is 6.42 Å². The molecule has 0 amide bonds. The number of rotatable bonds is 6. The van der Waals surface area contributed by atoms with Crippen LogP contribution in [0.15, 0.2) is 5.11 Å². The van der Waals surface area contributed by atoms with Crippen LogP contribution >= 0.6 is 0 Å². The summed E-state index contributed by atoms with van der Waals surface area (Å²) in [5.74, 6) is -0.218. The lowest BCUT2D eigenvalue weighted by Crippen LogP contribution is -2.05. The van der Waals surface area contributed by atoms with E-state index in [1.54, 1.807) is 0 Å². The van der Waals surface area contributed by atoms with Crippen LogP contribution in [0.5, 0.6) is 0 Å². The molecule has 12 heavy (non-hydrogen) atoms. The summed E-state index contributed by atoms with van der Waals surface area (Å²) in [4.78, 5) is 13.4. The Hall–Kier alpha value is -1.22. The van der Waals surface area contributed by atoms with Crippen molar-refractivity contribution in [3.63, 3.8) is 0 Å². The van der Waals surface area contributed by atoms with Gasteiger partial charge in [-0.3, -0.25) is 4.79 Å². The maximum atomic E-state index is 10.8. The minimum absolute atomic E-state index is 0.218. The lowest BCUT2D eigenvalue weighted by atomic mass is 10.3. The van der Waals surface area contributed by atoms with Crippen LogP contribution < -0.4 is 0 Å². The van der Waals surface area contributed by atoms with Crippen LogP contribution in [0.25, 0.3) is 10.4 Å². The molecule has 0 rings (SSSR count). The Kier molecular flexibility index (Phi) is 7.08. The third-order valence-electron chi connectivity index (χ3n) is 1.17. The van der Waals surface area contributed by atoms with Gasteiger partial charge in [-0.15, -0.1) is 0 Å². The van der Waals surface area contributed by atoms with Crippen molar-refractivity contribution in [2.45, 2.75) is 26.2 Å². The molecule has 0 heterocycles. The third kappa shape index (κ3) is 6.89. The molecular weight excluding hydrogens is 158 g/mol. The molecule has 0 aliphatic carbocycles. The minimum Gasteiger partial charge on any atom is -0.466 e. The maximum absolute atomic E-state index is 10.8. The molecule has 0 atom stereocenters. The summed E-state index contributed by atoms with van der Waals surface area (Å²) in [7, 11) is 0. The number of azide groups is 1. The van der Waals surface area contributed by atoms with Gasteiger partial charge in [-0.05, 0) is 18.4 Å². The first kappa shape index (κ1) is 10.8. The summed E-state index contributed by atoms with van der Waals surface area (Å²) >= 11 is 0. The maximum Gasteiger partial charge on any atom is 0.305 e. The number of hydrogen-bond acceptors (Lipinski definition) is 3. The first-order valence-corrected chi connectivity index (χ1v) is 3.97. The second kappa shape index (κ2) is 7.88. The third-order valence-corrected chi connectivity index (χ3v) is 1.17. The molecule has 0 spiro atoms. The molecular formula is C7H13N3O2. The summed E-state index contributed by atoms with van der Waals surface area (Å²) in [5, 5.41) is 3.30. The van der Waals surface area contributed by atoms with E-state index < -0.39 is 0 Å². The van der Waals surface area contributed by atoms with Crippen LogP contribution in [0.1, 0.15) is 26.2 Å². The number of nitrogens with zero attached hydrogens (tertiary/aromatic N) is 3. The van der Waals surface area contributed by atoms with Gasteiger partial charge in [-0.25, -0.2) is 0 Å². The average Bonchev–Trinajstić information content (AvgIpc) is 2.09. The van der Waals surface area contributed by atoms with Gasteiger partial charge in [0.2, 0.25) is 0 Å². The van der Waals surface area contributed by atoms with E-state index in [1.807, 2.05) is 6.92 Å². The molecule has 0 unspecified atom stereocenters. The van der Waals surface area contributed by atoms with E-state index in [2.05, 4.69) is 10.0 Å². The van der Waals surface area contributed by atoms with Crippen molar-refractivity contribution in [2.75, 3.05) is 13.2 Å². The van der Waals surface area contributed by atoms with Crippen molar-refractivity contribution in [1.82, 2.24) is 0 Å². The largest absolute Gasteiger partial charge is 0.466 e. The number of hydrogen-bond donors (Lipinski definition) is 0. The number of esters is 1. The highest BCUT2D eigenvalue weighted by Gasteiger charge is 1.99. The van der Waals surface area contributed by atoms with E-state index in [1.165, 1.54) is 0 Å². The monoisotopic (exact) mass is 171 g/mol. The van der Waals surface area contributed by atoms with Crippen molar-refractivity contribution in [2.24, 2.45) is 5.11 Å². The van der Waals surface area contributed by atoms with Crippen LogP contribution in [-0.4, -0.2) is 19.1 Å². The number of carbonyl (C=O) groups is 1. The predicted molar refractivity (Wildman–Crippen MR) is 44.5 cm³/mol. The summed E-state index contributed by atoms with van der Waals surface area (Å²) < 4.78 is 4.80. The second-order valence-corrected chi connectivity index (χ2v) is 2.28. The fourth-order valence-electron chi connectivity index (χ4n) is 0.627. The molecule has 5 heteroatoms. The molecule has 0 aliphatic rings. The molecule has 0 bridgehead atoms. The van der Waals surface area contributed by atoms with E-state index >= 15 is 0 Å². The normalized spacial score (nSPS) is 8.75. The van der Waals surface area contributed by atoms with Crippen LogP contribution in [0.4, 0.5) is 0 Å². The summed E-state index contributed by atoms with van der Waals surface area (Å²) in [6.07, 6.45) is 1.73. The smallest absolute Gasteiger partial charge is 0.305 e. The summed E-state index contributed by atoms with van der Waals surface area (Å²) in [5.41, 5.74) is 7.92. The van der Waals surface area contributed by atoms with Gasteiger partial charge in [0, 0.05) is 17.9 Å². The Morgan fingerprint density at radius 2 is 2.42 bits per heavy atom. The van der Waals surface area contributed by atoms with Crippen LogP contribution in [0, 0.1) is 0 Å². The number of carbonyl (C=O) groups excluding carboxylic acids is 1. The molecule has 0 aromatic carbocycles. The van der Waals surface area contributed by atoms with Gasteiger partial charge in [-0.2, -0.15) is 0 Å². The van der Waals surface area contributed by atoms with Crippen molar-refractivity contribution in [3.05, 3.63) is 10.4 Å². The molecule has 68 valence electrons. The summed E-state index contributed by atoms with van der Waals surface area (Å²) in [6, 6.07) is 0. The summed E-state index contributed by atoms with van der Waals surface area (Å²) in [6.45, 7) is 2.77. The zero-order chi connectivity index (χ0) is 9.23. The Labute approximate surface area is 71.3 Å². The van der Waals surface area contributed by atoms with Gasteiger partial charge in [0.05, 0.1) is 6.61 Å². The van der Waals surface area contributed by atoms with E-state index in [4.69, 9.17) is 10.3 Å². The Balaban J connectivity index is 3.25. The Morgan fingerprint density at radius 1 is 1.67 bits per heavy atom. The van der Waals surface area contributed by atoms with Gasteiger partial charge in [-0.1, -0.05) is 12.0 Å². The lowest BCUT2D eigenvalue weighted by molar-refractivity contribution is -0.143. The number of ether oxygens (including phenoxy) is 1. The Bertz CT molecular complexity index is 175. The first-order valence-electron chi connectivity index (χ1n) is 3.97. The molecule has 5 nitrogen and oxygen atoms in total. The topological polar surface area (TPSA) is 75.1 Å². The van der Waals surface area contributed by atoms with Gasteiger partial charge < -0.3 is 4.74 Å². The van der Waals surface area contributed by atoms with Gasteiger partial charge in [0.15, 0.2) is 0 Å².